The van der Waals surface area contributed by atoms with E-state index in [-0.39, 0.29) is 30.0 Å². The molecule has 0 fully saturated rings. The van der Waals surface area contributed by atoms with E-state index in [0.717, 1.165) is 16.5 Å². The highest BCUT2D eigenvalue weighted by molar-refractivity contribution is 6.21. The smallest absolute Gasteiger partial charge is 0.270 e. The maximum atomic E-state index is 12.4. The summed E-state index contributed by atoms with van der Waals surface area (Å²) >= 11 is 0. The summed E-state index contributed by atoms with van der Waals surface area (Å²) in [6, 6.07) is 10.8. The summed E-state index contributed by atoms with van der Waals surface area (Å²) < 4.78 is 5.47. The summed E-state index contributed by atoms with van der Waals surface area (Å²) in [6.07, 6.45) is -1.09. The average Bonchev–Trinajstić information content (AvgIpc) is 2.84. The van der Waals surface area contributed by atoms with Crippen molar-refractivity contribution in [2.75, 3.05) is 13.2 Å². The highest BCUT2D eigenvalue weighted by Crippen LogP contribution is 2.27. The van der Waals surface area contributed by atoms with Gasteiger partial charge in [0.1, 0.15) is 18.5 Å². The molecule has 3 rings (SSSR count). The van der Waals surface area contributed by atoms with Crippen LogP contribution in [0.1, 0.15) is 26.3 Å². The van der Waals surface area contributed by atoms with Gasteiger partial charge in [0.2, 0.25) is 0 Å². The largest absolute Gasteiger partial charge is 0.491 e. The zero-order valence-corrected chi connectivity index (χ0v) is 13.9. The Kier molecular flexibility index (Phi) is 4.68. The van der Waals surface area contributed by atoms with E-state index in [1.807, 2.05) is 19.1 Å². The Morgan fingerprint density at radius 1 is 1.15 bits per heavy atom. The number of hydrogen-bond acceptors (Lipinski definition) is 6. The fraction of sp³-hybridized carbons (Fsp3) is 0.222. The molecule has 0 unspecified atom stereocenters. The number of rotatable bonds is 6. The van der Waals surface area contributed by atoms with Gasteiger partial charge in [-0.25, -0.2) is 0 Å². The molecule has 26 heavy (non-hydrogen) atoms. The molecule has 0 radical (unpaired) electrons. The van der Waals surface area contributed by atoms with Crippen LogP contribution in [0.3, 0.4) is 0 Å². The van der Waals surface area contributed by atoms with E-state index >= 15 is 0 Å². The number of benzene rings is 2. The number of imide groups is 1. The van der Waals surface area contributed by atoms with Crippen LogP contribution in [0.2, 0.25) is 0 Å². The Morgan fingerprint density at radius 2 is 1.88 bits per heavy atom. The van der Waals surface area contributed by atoms with Crippen molar-refractivity contribution in [3.63, 3.8) is 0 Å². The molecule has 8 heteroatoms. The lowest BCUT2D eigenvalue weighted by Gasteiger charge is -2.19. The number of amides is 2. The van der Waals surface area contributed by atoms with Crippen molar-refractivity contribution in [1.82, 2.24) is 4.90 Å². The third kappa shape index (κ3) is 3.40. The average molecular weight is 356 g/mol. The minimum Gasteiger partial charge on any atom is -0.491 e. The molecule has 1 heterocycles. The van der Waals surface area contributed by atoms with Crippen LogP contribution in [0, 0.1) is 17.0 Å². The maximum absolute atomic E-state index is 12.4. The molecule has 1 aliphatic rings. The lowest BCUT2D eigenvalue weighted by atomic mass is 10.1. The van der Waals surface area contributed by atoms with Gasteiger partial charge in [-0.05, 0) is 30.7 Å². The first-order valence-corrected chi connectivity index (χ1v) is 7.89. The Bertz CT molecular complexity index is 895. The standard InChI is InChI=1S/C18H16N2O6/c1-11-3-2-4-14(7-11)26-10-13(21)9-19-17(22)15-6-5-12(20(24)25)8-16(15)18(19)23/h2-8,13,21H,9-10H2,1H3/t13-/m0/s1. The number of ether oxygens (including phenoxy) is 1. The molecule has 8 nitrogen and oxygen atoms in total. The lowest BCUT2D eigenvalue weighted by molar-refractivity contribution is -0.384. The Morgan fingerprint density at radius 3 is 2.58 bits per heavy atom. The zero-order chi connectivity index (χ0) is 18.8. The summed E-state index contributed by atoms with van der Waals surface area (Å²) in [5, 5.41) is 20.9. The summed E-state index contributed by atoms with van der Waals surface area (Å²) in [5.74, 6) is -0.681. The van der Waals surface area contributed by atoms with Crippen LogP contribution in [-0.4, -0.2) is 46.0 Å². The summed E-state index contributed by atoms with van der Waals surface area (Å²) in [5.41, 5.74) is 0.789. The van der Waals surface area contributed by atoms with Gasteiger partial charge in [0, 0.05) is 12.1 Å². The minimum atomic E-state index is -1.09. The van der Waals surface area contributed by atoms with Gasteiger partial charge < -0.3 is 9.84 Å². The van der Waals surface area contributed by atoms with Gasteiger partial charge >= 0.3 is 0 Å². The van der Waals surface area contributed by atoms with Crippen molar-refractivity contribution >= 4 is 17.5 Å². The molecule has 0 spiro atoms. The predicted octanol–water partition coefficient (Wildman–Crippen LogP) is 1.94. The highest BCUT2D eigenvalue weighted by Gasteiger charge is 2.37. The minimum absolute atomic E-state index is 0.0315. The molecular weight excluding hydrogens is 340 g/mol. The topological polar surface area (TPSA) is 110 Å². The quantitative estimate of drug-likeness (QED) is 0.481. The van der Waals surface area contributed by atoms with Gasteiger partial charge in [0.15, 0.2) is 0 Å². The van der Waals surface area contributed by atoms with Crippen LogP contribution >= 0.6 is 0 Å². The zero-order valence-electron chi connectivity index (χ0n) is 13.9. The second kappa shape index (κ2) is 6.93. The van der Waals surface area contributed by atoms with Crippen LogP contribution in [-0.2, 0) is 0 Å². The third-order valence-electron chi connectivity index (χ3n) is 3.99. The van der Waals surface area contributed by atoms with Crippen molar-refractivity contribution in [2.45, 2.75) is 13.0 Å². The van der Waals surface area contributed by atoms with E-state index in [9.17, 15) is 24.8 Å². The Hall–Kier alpha value is -3.26. The van der Waals surface area contributed by atoms with Gasteiger partial charge in [-0.1, -0.05) is 12.1 Å². The third-order valence-corrected chi connectivity index (χ3v) is 3.99. The number of nitro benzene ring substituents is 1. The van der Waals surface area contributed by atoms with Crippen molar-refractivity contribution in [2.24, 2.45) is 0 Å². The highest BCUT2D eigenvalue weighted by atomic mass is 16.6. The first-order valence-electron chi connectivity index (χ1n) is 7.89. The summed E-state index contributed by atoms with van der Waals surface area (Å²) in [7, 11) is 0. The lowest BCUT2D eigenvalue weighted by Crippen LogP contribution is -2.39. The van der Waals surface area contributed by atoms with Crippen molar-refractivity contribution < 1.29 is 24.4 Å². The predicted molar refractivity (Wildman–Crippen MR) is 91.1 cm³/mol. The van der Waals surface area contributed by atoms with Gasteiger partial charge in [-0.15, -0.1) is 0 Å². The fourth-order valence-corrected chi connectivity index (χ4v) is 2.72. The number of hydrogen-bond donors (Lipinski definition) is 1. The molecule has 0 saturated heterocycles. The number of β-amino-alcohol motifs (C(OH)–C–C–N with tert-alkyl or cyclic N) is 1. The van der Waals surface area contributed by atoms with E-state index in [2.05, 4.69) is 0 Å². The van der Waals surface area contributed by atoms with Crippen molar-refractivity contribution in [3.8, 4) is 5.75 Å². The second-order valence-corrected chi connectivity index (χ2v) is 5.99. The van der Waals surface area contributed by atoms with Crippen LogP contribution in [0.5, 0.6) is 5.75 Å². The van der Waals surface area contributed by atoms with Crippen molar-refractivity contribution in [3.05, 3.63) is 69.3 Å². The van der Waals surface area contributed by atoms with Crippen molar-refractivity contribution in [1.29, 1.82) is 0 Å². The molecule has 0 bridgehead atoms. The number of nitro groups is 1. The molecule has 2 aromatic carbocycles. The number of fused-ring (bicyclic) bond motifs is 1. The van der Waals surface area contributed by atoms with Gasteiger partial charge in [0.05, 0.1) is 22.6 Å². The number of aryl methyl sites for hydroxylation is 1. The van der Waals surface area contributed by atoms with E-state index in [0.29, 0.717) is 5.75 Å². The molecule has 0 aliphatic carbocycles. The molecule has 134 valence electrons. The molecule has 2 aromatic rings. The normalized spacial score (nSPS) is 14.3. The van der Waals surface area contributed by atoms with Gasteiger partial charge in [-0.2, -0.15) is 0 Å². The number of non-ortho nitro benzene ring substituents is 1. The molecule has 1 atom stereocenters. The van der Waals surface area contributed by atoms with Crippen LogP contribution in [0.25, 0.3) is 0 Å². The van der Waals surface area contributed by atoms with Crippen LogP contribution in [0.4, 0.5) is 5.69 Å². The molecule has 0 saturated carbocycles. The monoisotopic (exact) mass is 356 g/mol. The van der Waals surface area contributed by atoms with Gasteiger partial charge in [0.25, 0.3) is 17.5 Å². The molecule has 0 aromatic heterocycles. The van der Waals surface area contributed by atoms with E-state index in [1.54, 1.807) is 12.1 Å². The van der Waals surface area contributed by atoms with Crippen LogP contribution in [0.15, 0.2) is 42.5 Å². The number of carbonyl (C=O) groups is 2. The number of nitrogens with zero attached hydrogens (tertiary/aromatic N) is 2. The Balaban J connectivity index is 1.67. The summed E-state index contributed by atoms with van der Waals surface area (Å²) in [6.45, 7) is 1.55. The second-order valence-electron chi connectivity index (χ2n) is 5.99. The van der Waals surface area contributed by atoms with E-state index in [1.165, 1.54) is 12.1 Å². The fourth-order valence-electron chi connectivity index (χ4n) is 2.72. The maximum Gasteiger partial charge on any atom is 0.270 e. The molecular formula is C18H16N2O6. The first-order chi connectivity index (χ1) is 12.4. The number of aliphatic hydroxyl groups excluding tert-OH is 1. The first kappa shape index (κ1) is 17.6. The Labute approximate surface area is 148 Å². The van der Waals surface area contributed by atoms with E-state index < -0.39 is 22.8 Å². The number of carbonyl (C=O) groups excluding carboxylic acids is 2. The van der Waals surface area contributed by atoms with Crippen LogP contribution < -0.4 is 4.74 Å². The van der Waals surface area contributed by atoms with E-state index in [4.69, 9.17) is 4.74 Å². The SMILES string of the molecule is Cc1cccc(OC[C@@H](O)CN2C(=O)c3ccc([N+](=O)[O-])cc3C2=O)c1. The molecule has 2 amide bonds. The number of aliphatic hydroxyl groups is 1. The van der Waals surface area contributed by atoms with Gasteiger partial charge in [-0.3, -0.25) is 24.6 Å². The molecule has 1 aliphatic heterocycles. The summed E-state index contributed by atoms with van der Waals surface area (Å²) in [4.78, 5) is 35.8. The molecule has 1 N–H and O–H groups in total.